The second-order valence-corrected chi connectivity index (χ2v) is 6.84. The predicted octanol–water partition coefficient (Wildman–Crippen LogP) is 5.14. The number of aromatic nitrogens is 3. The zero-order valence-corrected chi connectivity index (χ0v) is 14.5. The van der Waals surface area contributed by atoms with Crippen LogP contribution in [0.4, 0.5) is 4.39 Å². The molecule has 0 N–H and O–H groups in total. The van der Waals surface area contributed by atoms with Gasteiger partial charge in [-0.3, -0.25) is 0 Å². The Kier molecular flexibility index (Phi) is 4.24. The third kappa shape index (κ3) is 3.42. The summed E-state index contributed by atoms with van der Waals surface area (Å²) >= 11 is 1.69. The van der Waals surface area contributed by atoms with Crippen molar-refractivity contribution in [2.24, 2.45) is 0 Å². The summed E-state index contributed by atoms with van der Waals surface area (Å²) in [6.07, 6.45) is 3.59. The Bertz CT molecular complexity index is 1020. The minimum atomic E-state index is -0.247. The Balaban J connectivity index is 1.64. The van der Waals surface area contributed by atoms with E-state index >= 15 is 0 Å². The number of benzene rings is 2. The van der Waals surface area contributed by atoms with E-state index in [1.54, 1.807) is 30.1 Å². The first kappa shape index (κ1) is 15.8. The maximum absolute atomic E-state index is 13.1. The lowest BCUT2D eigenvalue weighted by Gasteiger charge is -2.04. The fourth-order valence-corrected chi connectivity index (χ4v) is 3.64. The van der Waals surface area contributed by atoms with Crippen molar-refractivity contribution < 1.29 is 4.39 Å². The highest BCUT2D eigenvalue weighted by Crippen LogP contribution is 2.28. The maximum Gasteiger partial charge on any atom is 0.123 e. The molecule has 0 radical (unpaired) electrons. The minimum Gasteiger partial charge on any atom is -0.246 e. The first-order chi connectivity index (χ1) is 12.2. The van der Waals surface area contributed by atoms with Crippen molar-refractivity contribution in [1.29, 1.82) is 0 Å². The maximum atomic E-state index is 13.1. The molecule has 0 atom stereocenters. The summed E-state index contributed by atoms with van der Waals surface area (Å²) in [6.45, 7) is 2.10. The number of nitrogens with zero attached hydrogens (tertiary/aromatic N) is 3. The Hall–Kier alpha value is -2.66. The molecule has 124 valence electrons. The zero-order valence-electron chi connectivity index (χ0n) is 13.7. The van der Waals surface area contributed by atoms with Gasteiger partial charge in [-0.25, -0.2) is 13.9 Å². The van der Waals surface area contributed by atoms with Gasteiger partial charge in [0, 0.05) is 23.7 Å². The third-order valence-corrected chi connectivity index (χ3v) is 5.02. The van der Waals surface area contributed by atoms with Gasteiger partial charge in [-0.2, -0.15) is 5.10 Å². The van der Waals surface area contributed by atoms with Gasteiger partial charge in [0.2, 0.25) is 0 Å². The number of fused-ring (bicyclic) bond motifs is 1. The van der Waals surface area contributed by atoms with E-state index in [4.69, 9.17) is 0 Å². The van der Waals surface area contributed by atoms with E-state index in [-0.39, 0.29) is 5.82 Å². The van der Waals surface area contributed by atoms with Crippen LogP contribution in [0.15, 0.2) is 72.0 Å². The molecule has 2 aromatic carbocycles. The van der Waals surface area contributed by atoms with Gasteiger partial charge in [0.15, 0.2) is 0 Å². The molecule has 0 unspecified atom stereocenters. The summed E-state index contributed by atoms with van der Waals surface area (Å²) in [5, 5.41) is 5.52. The highest BCUT2D eigenvalue weighted by molar-refractivity contribution is 7.98. The number of rotatable bonds is 4. The van der Waals surface area contributed by atoms with Gasteiger partial charge in [-0.05, 0) is 42.8 Å². The molecular weight excluding hydrogens is 333 g/mol. The highest BCUT2D eigenvalue weighted by atomic mass is 32.2. The van der Waals surface area contributed by atoms with Crippen LogP contribution in [0.5, 0.6) is 0 Å². The number of aryl methyl sites for hydroxylation is 1. The Labute approximate surface area is 149 Å². The van der Waals surface area contributed by atoms with Crippen LogP contribution in [0.1, 0.15) is 11.1 Å². The second kappa shape index (κ2) is 6.69. The van der Waals surface area contributed by atoms with Crippen molar-refractivity contribution >= 4 is 17.3 Å². The van der Waals surface area contributed by atoms with Gasteiger partial charge in [0.25, 0.3) is 0 Å². The fraction of sp³-hybridized carbons (Fsp3) is 0.100. The van der Waals surface area contributed by atoms with Crippen LogP contribution in [0.3, 0.4) is 0 Å². The van der Waals surface area contributed by atoms with Gasteiger partial charge in [0.1, 0.15) is 10.8 Å². The third-order valence-electron chi connectivity index (χ3n) is 3.95. The van der Waals surface area contributed by atoms with Crippen LogP contribution in [-0.4, -0.2) is 14.6 Å². The molecule has 4 aromatic rings. The SMILES string of the molecule is Cc1cccc(CSc2nccn3nc(-c4ccc(F)cc4)cc23)c1. The fourth-order valence-electron chi connectivity index (χ4n) is 2.72. The molecule has 25 heavy (non-hydrogen) atoms. The first-order valence-electron chi connectivity index (χ1n) is 7.98. The number of hydrogen-bond donors (Lipinski definition) is 0. The minimum absolute atomic E-state index is 0.247. The largest absolute Gasteiger partial charge is 0.246 e. The molecule has 2 heterocycles. The van der Waals surface area contributed by atoms with Crippen molar-refractivity contribution in [3.63, 3.8) is 0 Å². The van der Waals surface area contributed by atoms with Crippen LogP contribution in [0.2, 0.25) is 0 Å². The average Bonchev–Trinajstić information content (AvgIpc) is 3.05. The predicted molar refractivity (Wildman–Crippen MR) is 99.1 cm³/mol. The molecule has 3 nitrogen and oxygen atoms in total. The van der Waals surface area contributed by atoms with Crippen molar-refractivity contribution in [3.05, 3.63) is 83.9 Å². The average molecular weight is 349 g/mol. The van der Waals surface area contributed by atoms with Crippen LogP contribution >= 0.6 is 11.8 Å². The van der Waals surface area contributed by atoms with Gasteiger partial charge in [0.05, 0.1) is 11.2 Å². The van der Waals surface area contributed by atoms with Gasteiger partial charge in [-0.1, -0.05) is 41.6 Å². The van der Waals surface area contributed by atoms with Gasteiger partial charge < -0.3 is 0 Å². The topological polar surface area (TPSA) is 30.2 Å². The molecule has 0 aliphatic carbocycles. The molecule has 0 aliphatic rings. The molecule has 0 bridgehead atoms. The Morgan fingerprint density at radius 1 is 1.08 bits per heavy atom. The van der Waals surface area contributed by atoms with Crippen LogP contribution in [0, 0.1) is 12.7 Å². The molecule has 0 saturated heterocycles. The summed E-state index contributed by atoms with van der Waals surface area (Å²) in [7, 11) is 0. The molecule has 4 rings (SSSR count). The molecule has 5 heteroatoms. The van der Waals surface area contributed by atoms with Crippen molar-refractivity contribution in [2.75, 3.05) is 0 Å². The van der Waals surface area contributed by atoms with E-state index in [2.05, 4.69) is 41.3 Å². The van der Waals surface area contributed by atoms with Crippen molar-refractivity contribution in [2.45, 2.75) is 17.7 Å². The summed E-state index contributed by atoms with van der Waals surface area (Å²) in [5.41, 5.74) is 5.18. The van der Waals surface area contributed by atoms with E-state index in [0.29, 0.717) is 0 Å². The quantitative estimate of drug-likeness (QED) is 0.478. The van der Waals surface area contributed by atoms with E-state index < -0.39 is 0 Å². The zero-order chi connectivity index (χ0) is 17.2. The molecule has 0 amide bonds. The van der Waals surface area contributed by atoms with Crippen molar-refractivity contribution in [1.82, 2.24) is 14.6 Å². The standard InChI is InChI=1S/C20H16FN3S/c1-14-3-2-4-15(11-14)13-25-20-19-12-18(23-24(19)10-9-22-20)16-5-7-17(21)8-6-16/h2-12H,13H2,1H3. The lowest BCUT2D eigenvalue weighted by Crippen LogP contribution is -1.91. The normalized spacial score (nSPS) is 11.1. The van der Waals surface area contributed by atoms with Crippen LogP contribution < -0.4 is 0 Å². The molecule has 0 fully saturated rings. The Morgan fingerprint density at radius 3 is 2.72 bits per heavy atom. The monoisotopic (exact) mass is 349 g/mol. The molecule has 0 spiro atoms. The smallest absolute Gasteiger partial charge is 0.123 e. The van der Waals surface area contributed by atoms with Crippen LogP contribution in [-0.2, 0) is 5.75 Å². The number of thioether (sulfide) groups is 1. The molecule has 0 saturated carbocycles. The van der Waals surface area contributed by atoms with E-state index in [0.717, 1.165) is 27.6 Å². The molecular formula is C20H16FN3S. The lowest BCUT2D eigenvalue weighted by molar-refractivity contribution is 0.628. The summed E-state index contributed by atoms with van der Waals surface area (Å²) < 4.78 is 14.9. The summed E-state index contributed by atoms with van der Waals surface area (Å²) in [4.78, 5) is 4.51. The van der Waals surface area contributed by atoms with Crippen molar-refractivity contribution in [3.8, 4) is 11.3 Å². The summed E-state index contributed by atoms with van der Waals surface area (Å²) in [6, 6.07) is 16.9. The Morgan fingerprint density at radius 2 is 1.92 bits per heavy atom. The van der Waals surface area contributed by atoms with Gasteiger partial charge >= 0.3 is 0 Å². The highest BCUT2D eigenvalue weighted by Gasteiger charge is 2.10. The van der Waals surface area contributed by atoms with E-state index in [1.807, 2.05) is 16.8 Å². The molecule has 0 aliphatic heterocycles. The molecule has 2 aromatic heterocycles. The van der Waals surface area contributed by atoms with Gasteiger partial charge in [-0.15, -0.1) is 0 Å². The van der Waals surface area contributed by atoms with Crippen LogP contribution in [0.25, 0.3) is 16.8 Å². The first-order valence-corrected chi connectivity index (χ1v) is 8.96. The summed E-state index contributed by atoms with van der Waals surface area (Å²) in [5.74, 6) is 0.606. The number of halogens is 1. The lowest BCUT2D eigenvalue weighted by atomic mass is 10.1. The van der Waals surface area contributed by atoms with E-state index in [1.165, 1.54) is 23.3 Å². The van der Waals surface area contributed by atoms with E-state index in [9.17, 15) is 4.39 Å². The second-order valence-electron chi connectivity index (χ2n) is 5.88. The number of hydrogen-bond acceptors (Lipinski definition) is 3.